The van der Waals surface area contributed by atoms with Crippen LogP contribution in [-0.2, 0) is 0 Å². The first-order valence-corrected chi connectivity index (χ1v) is 5.50. The largest absolute Gasteiger partial charge is 0.394 e. The highest BCUT2D eigenvalue weighted by atomic mass is 79.9. The Morgan fingerprint density at radius 3 is 3.00 bits per heavy atom. The van der Waals surface area contributed by atoms with Crippen molar-refractivity contribution in [3.05, 3.63) is 28.5 Å². The van der Waals surface area contributed by atoms with E-state index < -0.39 is 0 Å². The summed E-state index contributed by atoms with van der Waals surface area (Å²) in [4.78, 5) is 15.7. The third kappa shape index (κ3) is 3.28. The second kappa shape index (κ2) is 5.82. The first-order chi connectivity index (χ1) is 7.19. The number of carbonyl (C=O) groups is 1. The summed E-state index contributed by atoms with van der Waals surface area (Å²) in [5, 5.41) is 11.7. The second-order valence-corrected chi connectivity index (χ2v) is 3.85. The summed E-state index contributed by atoms with van der Waals surface area (Å²) in [6, 6.07) is 3.17. The molecule has 1 atom stereocenters. The Balaban J connectivity index is 2.73. The van der Waals surface area contributed by atoms with Crippen LogP contribution in [0, 0.1) is 0 Å². The molecule has 1 unspecified atom stereocenters. The third-order valence-electron chi connectivity index (χ3n) is 2.05. The van der Waals surface area contributed by atoms with Gasteiger partial charge >= 0.3 is 0 Å². The lowest BCUT2D eigenvalue weighted by molar-refractivity contribution is 0.0913. The van der Waals surface area contributed by atoms with Crippen LogP contribution < -0.4 is 5.32 Å². The lowest BCUT2D eigenvalue weighted by Gasteiger charge is -2.14. The van der Waals surface area contributed by atoms with E-state index in [1.165, 1.54) is 0 Å². The number of rotatable bonds is 4. The predicted octanol–water partition coefficient (Wildman–Crippen LogP) is 1.34. The Hall–Kier alpha value is -0.940. The molecule has 15 heavy (non-hydrogen) atoms. The number of aromatic nitrogens is 1. The van der Waals surface area contributed by atoms with E-state index >= 15 is 0 Å². The van der Waals surface area contributed by atoms with Gasteiger partial charge in [0.1, 0.15) is 4.60 Å². The lowest BCUT2D eigenvalue weighted by atomic mass is 10.2. The molecule has 0 spiro atoms. The summed E-state index contributed by atoms with van der Waals surface area (Å²) in [6.07, 6.45) is 2.30. The third-order valence-corrected chi connectivity index (χ3v) is 2.68. The van der Waals surface area contributed by atoms with Gasteiger partial charge in [-0.1, -0.05) is 6.92 Å². The van der Waals surface area contributed by atoms with Crippen molar-refractivity contribution in [2.45, 2.75) is 19.4 Å². The van der Waals surface area contributed by atoms with Crippen molar-refractivity contribution in [1.29, 1.82) is 0 Å². The summed E-state index contributed by atoms with van der Waals surface area (Å²) in [5.74, 6) is -0.226. The number of carbonyl (C=O) groups excluding carboxylic acids is 1. The van der Waals surface area contributed by atoms with E-state index in [9.17, 15) is 4.79 Å². The predicted molar refractivity (Wildman–Crippen MR) is 60.6 cm³/mol. The molecule has 1 amide bonds. The summed E-state index contributed by atoms with van der Waals surface area (Å²) in [7, 11) is 0. The summed E-state index contributed by atoms with van der Waals surface area (Å²) >= 11 is 3.20. The fraction of sp³-hybridized carbons (Fsp3) is 0.400. The van der Waals surface area contributed by atoms with E-state index in [1.807, 2.05) is 6.92 Å². The molecule has 1 aromatic rings. The van der Waals surface area contributed by atoms with E-state index in [2.05, 4.69) is 26.2 Å². The van der Waals surface area contributed by atoms with Crippen molar-refractivity contribution in [1.82, 2.24) is 10.3 Å². The minimum absolute atomic E-state index is 0.0554. The molecule has 2 N–H and O–H groups in total. The monoisotopic (exact) mass is 272 g/mol. The Morgan fingerprint density at radius 1 is 1.73 bits per heavy atom. The SMILES string of the molecule is CCC(CO)NC(=O)c1cccnc1Br. The van der Waals surface area contributed by atoms with Crippen molar-refractivity contribution in [3.8, 4) is 0 Å². The Bertz CT molecular complexity index is 340. The molecule has 0 aromatic carbocycles. The average Bonchev–Trinajstić information content (AvgIpc) is 2.26. The van der Waals surface area contributed by atoms with Gasteiger partial charge in [0.05, 0.1) is 18.2 Å². The molecule has 5 heteroatoms. The van der Waals surface area contributed by atoms with Crippen molar-refractivity contribution >= 4 is 21.8 Å². The number of aliphatic hydroxyl groups excluding tert-OH is 1. The normalized spacial score (nSPS) is 12.2. The maximum atomic E-state index is 11.7. The number of aliphatic hydroxyl groups is 1. The van der Waals surface area contributed by atoms with E-state index in [0.29, 0.717) is 16.6 Å². The molecular formula is C10H13BrN2O2. The van der Waals surface area contributed by atoms with Gasteiger partial charge in [0.25, 0.3) is 5.91 Å². The molecule has 0 fully saturated rings. The van der Waals surface area contributed by atoms with Crippen molar-refractivity contribution < 1.29 is 9.90 Å². The first-order valence-electron chi connectivity index (χ1n) is 4.71. The van der Waals surface area contributed by atoms with Gasteiger partial charge in [-0.2, -0.15) is 0 Å². The molecule has 1 aromatic heterocycles. The molecule has 0 saturated carbocycles. The van der Waals surface area contributed by atoms with Crippen LogP contribution in [-0.4, -0.2) is 28.6 Å². The topological polar surface area (TPSA) is 62.2 Å². The van der Waals surface area contributed by atoms with Crippen LogP contribution in [0.4, 0.5) is 0 Å². The number of hydrogen-bond acceptors (Lipinski definition) is 3. The van der Waals surface area contributed by atoms with Crippen LogP contribution in [0.15, 0.2) is 22.9 Å². The smallest absolute Gasteiger partial charge is 0.254 e. The van der Waals surface area contributed by atoms with Gasteiger partial charge in [0, 0.05) is 6.20 Å². The number of amides is 1. The molecule has 0 bridgehead atoms. The minimum atomic E-state index is -0.226. The molecule has 0 saturated heterocycles. The van der Waals surface area contributed by atoms with Crippen molar-refractivity contribution in [3.63, 3.8) is 0 Å². The van der Waals surface area contributed by atoms with E-state index in [1.54, 1.807) is 18.3 Å². The molecule has 0 aliphatic carbocycles. The lowest BCUT2D eigenvalue weighted by Crippen LogP contribution is -2.37. The number of nitrogens with one attached hydrogen (secondary N) is 1. The summed E-state index contributed by atoms with van der Waals surface area (Å²) < 4.78 is 0.510. The maximum Gasteiger partial charge on any atom is 0.254 e. The molecule has 4 nitrogen and oxygen atoms in total. The maximum absolute atomic E-state index is 11.7. The average molecular weight is 273 g/mol. The van der Waals surface area contributed by atoms with Crippen molar-refractivity contribution in [2.24, 2.45) is 0 Å². The highest BCUT2D eigenvalue weighted by molar-refractivity contribution is 9.10. The molecule has 0 aliphatic heterocycles. The highest BCUT2D eigenvalue weighted by Gasteiger charge is 2.13. The fourth-order valence-corrected chi connectivity index (χ4v) is 1.53. The Kier molecular flexibility index (Phi) is 4.71. The molecule has 82 valence electrons. The number of halogens is 1. The first kappa shape index (κ1) is 12.1. The molecule has 0 radical (unpaired) electrons. The van der Waals surface area contributed by atoms with Crippen LogP contribution >= 0.6 is 15.9 Å². The Labute approximate surface area is 96.8 Å². The van der Waals surface area contributed by atoms with Gasteiger partial charge in [0.2, 0.25) is 0 Å². The molecular weight excluding hydrogens is 260 g/mol. The zero-order chi connectivity index (χ0) is 11.3. The van der Waals surface area contributed by atoms with E-state index in [4.69, 9.17) is 5.11 Å². The van der Waals surface area contributed by atoms with Gasteiger partial charge in [-0.05, 0) is 34.5 Å². The van der Waals surface area contributed by atoms with Gasteiger partial charge < -0.3 is 10.4 Å². The van der Waals surface area contributed by atoms with Gasteiger partial charge in [-0.25, -0.2) is 4.98 Å². The van der Waals surface area contributed by atoms with E-state index in [-0.39, 0.29) is 18.6 Å². The molecule has 1 heterocycles. The van der Waals surface area contributed by atoms with Gasteiger partial charge in [0.15, 0.2) is 0 Å². The molecule has 1 rings (SSSR count). The fourth-order valence-electron chi connectivity index (χ4n) is 1.10. The summed E-state index contributed by atoms with van der Waals surface area (Å²) in [5.41, 5.74) is 0.476. The van der Waals surface area contributed by atoms with Crippen LogP contribution in [0.2, 0.25) is 0 Å². The van der Waals surface area contributed by atoms with Crippen LogP contribution in [0.5, 0.6) is 0 Å². The van der Waals surface area contributed by atoms with E-state index in [0.717, 1.165) is 0 Å². The standard InChI is InChI=1S/C10H13BrN2O2/c1-2-7(6-14)13-10(15)8-4-3-5-12-9(8)11/h3-5,7,14H,2,6H2,1H3,(H,13,15). The zero-order valence-corrected chi connectivity index (χ0v) is 9.99. The number of pyridine rings is 1. The number of hydrogen-bond donors (Lipinski definition) is 2. The highest BCUT2D eigenvalue weighted by Crippen LogP contribution is 2.12. The van der Waals surface area contributed by atoms with Gasteiger partial charge in [-0.15, -0.1) is 0 Å². The number of nitrogens with zero attached hydrogens (tertiary/aromatic N) is 1. The Morgan fingerprint density at radius 2 is 2.47 bits per heavy atom. The zero-order valence-electron chi connectivity index (χ0n) is 8.40. The second-order valence-electron chi connectivity index (χ2n) is 3.10. The quantitative estimate of drug-likeness (QED) is 0.814. The van der Waals surface area contributed by atoms with Crippen molar-refractivity contribution in [2.75, 3.05) is 6.61 Å². The van der Waals surface area contributed by atoms with Crippen LogP contribution in [0.3, 0.4) is 0 Å². The minimum Gasteiger partial charge on any atom is -0.394 e. The van der Waals surface area contributed by atoms with Crippen LogP contribution in [0.1, 0.15) is 23.7 Å². The van der Waals surface area contributed by atoms with Gasteiger partial charge in [-0.3, -0.25) is 4.79 Å². The summed E-state index contributed by atoms with van der Waals surface area (Å²) in [6.45, 7) is 1.85. The molecule has 0 aliphatic rings. The van der Waals surface area contributed by atoms with Crippen LogP contribution in [0.25, 0.3) is 0 Å².